The Morgan fingerprint density at radius 1 is 0.964 bits per heavy atom. The van der Waals surface area contributed by atoms with Crippen molar-refractivity contribution in [3.63, 3.8) is 0 Å². The van der Waals surface area contributed by atoms with Crippen LogP contribution in [0.25, 0.3) is 32.7 Å². The fourth-order valence-corrected chi connectivity index (χ4v) is 3.51. The lowest BCUT2D eigenvalue weighted by atomic mass is 10.1. The lowest BCUT2D eigenvalue weighted by Crippen LogP contribution is -2.27. The van der Waals surface area contributed by atoms with E-state index >= 15 is 0 Å². The van der Waals surface area contributed by atoms with Crippen molar-refractivity contribution < 1.29 is 9.47 Å². The predicted octanol–water partition coefficient (Wildman–Crippen LogP) is 2.68. The van der Waals surface area contributed by atoms with Gasteiger partial charge in [-0.05, 0) is 32.3 Å². The number of aromatic nitrogens is 3. The van der Waals surface area contributed by atoms with Crippen LogP contribution >= 0.6 is 0 Å². The first-order chi connectivity index (χ1) is 13.5. The van der Waals surface area contributed by atoms with E-state index in [0.29, 0.717) is 34.3 Å². The molecule has 4 rings (SSSR count). The Morgan fingerprint density at radius 3 is 2.32 bits per heavy atom. The van der Waals surface area contributed by atoms with Gasteiger partial charge >= 0.3 is 0 Å². The Labute approximate surface area is 162 Å². The van der Waals surface area contributed by atoms with Crippen molar-refractivity contribution in [1.29, 1.82) is 0 Å². The van der Waals surface area contributed by atoms with Crippen LogP contribution in [0.1, 0.15) is 0 Å². The van der Waals surface area contributed by atoms with Gasteiger partial charge in [0, 0.05) is 23.9 Å². The summed E-state index contributed by atoms with van der Waals surface area (Å²) in [6.45, 7) is 1.27. The van der Waals surface area contributed by atoms with Crippen LogP contribution in [-0.2, 0) is 6.54 Å². The molecule has 0 amide bonds. The second-order valence-electron chi connectivity index (χ2n) is 6.93. The molecule has 2 aromatic carbocycles. The predicted molar refractivity (Wildman–Crippen MR) is 110 cm³/mol. The maximum absolute atomic E-state index is 13.5. The number of hydrogen-bond acceptors (Lipinski definition) is 6. The number of nitrogens with zero attached hydrogens (tertiary/aromatic N) is 4. The standard InChI is InChI=1S/C21H22N4O3/c1-24(2)9-10-25-20-13-7-5-6-8-16(13)22-23-19(20)14-11-17(27-3)18(28-4)12-15(14)21(25)26/h5-8,11-12H,9-10H2,1-4H3. The fourth-order valence-electron chi connectivity index (χ4n) is 3.51. The minimum absolute atomic E-state index is 0.0801. The summed E-state index contributed by atoms with van der Waals surface area (Å²) in [7, 11) is 7.11. The van der Waals surface area contributed by atoms with Crippen LogP contribution in [0.2, 0.25) is 0 Å². The van der Waals surface area contributed by atoms with Crippen LogP contribution in [0.3, 0.4) is 0 Å². The van der Waals surface area contributed by atoms with E-state index in [4.69, 9.17) is 9.47 Å². The molecule has 0 N–H and O–H groups in total. The lowest BCUT2D eigenvalue weighted by Gasteiger charge is -2.17. The summed E-state index contributed by atoms with van der Waals surface area (Å²) < 4.78 is 12.6. The van der Waals surface area contributed by atoms with Gasteiger partial charge in [-0.15, -0.1) is 10.2 Å². The van der Waals surface area contributed by atoms with Crippen LogP contribution in [0, 0.1) is 0 Å². The molecular formula is C21H22N4O3. The maximum atomic E-state index is 13.5. The highest BCUT2D eigenvalue weighted by molar-refractivity contribution is 6.12. The van der Waals surface area contributed by atoms with Crippen molar-refractivity contribution in [2.75, 3.05) is 34.9 Å². The summed E-state index contributed by atoms with van der Waals surface area (Å²) in [5.41, 5.74) is 2.14. The van der Waals surface area contributed by atoms with Crippen LogP contribution in [0.5, 0.6) is 11.5 Å². The zero-order valence-electron chi connectivity index (χ0n) is 16.4. The molecule has 0 aliphatic rings. The Kier molecular flexibility index (Phi) is 4.60. The molecule has 2 aromatic heterocycles. The first kappa shape index (κ1) is 18.2. The van der Waals surface area contributed by atoms with E-state index in [2.05, 4.69) is 10.2 Å². The summed E-state index contributed by atoms with van der Waals surface area (Å²) in [5.74, 6) is 1.07. The smallest absolute Gasteiger partial charge is 0.259 e. The topological polar surface area (TPSA) is 69.5 Å². The number of methoxy groups -OCH3 is 2. The third kappa shape index (κ3) is 2.84. The number of rotatable bonds is 5. The quantitative estimate of drug-likeness (QED) is 0.498. The molecule has 0 saturated carbocycles. The van der Waals surface area contributed by atoms with Gasteiger partial charge in [-0.1, -0.05) is 18.2 Å². The van der Waals surface area contributed by atoms with E-state index in [9.17, 15) is 4.79 Å². The van der Waals surface area contributed by atoms with Crippen molar-refractivity contribution in [2.24, 2.45) is 0 Å². The Balaban J connectivity index is 2.20. The molecular weight excluding hydrogens is 356 g/mol. The summed E-state index contributed by atoms with van der Waals surface area (Å²) in [6.07, 6.45) is 0. The van der Waals surface area contributed by atoms with Crippen LogP contribution in [-0.4, -0.2) is 54.5 Å². The molecule has 0 fully saturated rings. The zero-order valence-corrected chi connectivity index (χ0v) is 16.4. The van der Waals surface area contributed by atoms with Gasteiger partial charge in [-0.2, -0.15) is 0 Å². The Hall–Kier alpha value is -3.19. The minimum Gasteiger partial charge on any atom is -0.493 e. The fraction of sp³-hybridized carbons (Fsp3) is 0.286. The number of pyridine rings is 1. The molecule has 144 valence electrons. The molecule has 0 aliphatic heterocycles. The molecule has 0 aliphatic carbocycles. The molecule has 0 unspecified atom stereocenters. The monoisotopic (exact) mass is 378 g/mol. The molecule has 0 bridgehead atoms. The van der Waals surface area contributed by atoms with Gasteiger partial charge in [0.1, 0.15) is 5.52 Å². The molecule has 0 saturated heterocycles. The van der Waals surface area contributed by atoms with Gasteiger partial charge in [0.25, 0.3) is 5.56 Å². The van der Waals surface area contributed by atoms with E-state index in [1.54, 1.807) is 30.9 Å². The molecule has 28 heavy (non-hydrogen) atoms. The van der Waals surface area contributed by atoms with E-state index in [-0.39, 0.29) is 5.56 Å². The Morgan fingerprint density at radius 2 is 1.64 bits per heavy atom. The second kappa shape index (κ2) is 7.09. The van der Waals surface area contributed by atoms with Gasteiger partial charge < -0.3 is 18.9 Å². The van der Waals surface area contributed by atoms with Gasteiger partial charge in [-0.3, -0.25) is 4.79 Å². The number of fused-ring (bicyclic) bond motifs is 5. The molecule has 2 heterocycles. The van der Waals surface area contributed by atoms with Crippen molar-refractivity contribution in [1.82, 2.24) is 19.7 Å². The van der Waals surface area contributed by atoms with E-state index in [0.717, 1.165) is 23.0 Å². The second-order valence-corrected chi connectivity index (χ2v) is 6.93. The maximum Gasteiger partial charge on any atom is 0.259 e. The Bertz CT molecular complexity index is 1250. The summed E-state index contributed by atoms with van der Waals surface area (Å²) in [4.78, 5) is 15.5. The van der Waals surface area contributed by atoms with Crippen molar-refractivity contribution in [2.45, 2.75) is 6.54 Å². The van der Waals surface area contributed by atoms with E-state index < -0.39 is 0 Å². The number of benzene rings is 2. The zero-order chi connectivity index (χ0) is 19.8. The molecule has 0 radical (unpaired) electrons. The summed E-state index contributed by atoms with van der Waals surface area (Å²) >= 11 is 0. The third-order valence-electron chi connectivity index (χ3n) is 4.94. The van der Waals surface area contributed by atoms with Gasteiger partial charge in [-0.25, -0.2) is 0 Å². The molecule has 7 nitrogen and oxygen atoms in total. The van der Waals surface area contributed by atoms with Crippen LogP contribution < -0.4 is 15.0 Å². The van der Waals surface area contributed by atoms with Crippen LogP contribution in [0.4, 0.5) is 0 Å². The van der Waals surface area contributed by atoms with Gasteiger partial charge in [0.05, 0.1) is 30.6 Å². The largest absolute Gasteiger partial charge is 0.493 e. The van der Waals surface area contributed by atoms with Gasteiger partial charge in [0.2, 0.25) is 0 Å². The number of hydrogen-bond donors (Lipinski definition) is 0. The highest BCUT2D eigenvalue weighted by Crippen LogP contribution is 2.34. The van der Waals surface area contributed by atoms with Crippen LogP contribution in [0.15, 0.2) is 41.2 Å². The molecule has 0 atom stereocenters. The molecule has 4 aromatic rings. The summed E-state index contributed by atoms with van der Waals surface area (Å²) in [5, 5.41) is 11.0. The van der Waals surface area contributed by atoms with Crippen molar-refractivity contribution in [3.05, 3.63) is 46.8 Å². The number of ether oxygens (including phenoxy) is 2. The normalized spacial score (nSPS) is 11.6. The van der Waals surface area contributed by atoms with Gasteiger partial charge in [0.15, 0.2) is 11.5 Å². The van der Waals surface area contributed by atoms with Crippen molar-refractivity contribution in [3.8, 4) is 11.5 Å². The first-order valence-electron chi connectivity index (χ1n) is 9.03. The minimum atomic E-state index is -0.0801. The average molecular weight is 378 g/mol. The third-order valence-corrected chi connectivity index (χ3v) is 4.94. The molecule has 0 spiro atoms. The van der Waals surface area contributed by atoms with Crippen molar-refractivity contribution >= 4 is 32.7 Å². The SMILES string of the molecule is COc1cc2c(=O)n(CCN(C)C)c3c4ccccc4nnc3c2cc1OC. The van der Waals surface area contributed by atoms with E-state index in [1.165, 1.54) is 0 Å². The highest BCUT2D eigenvalue weighted by Gasteiger charge is 2.18. The van der Waals surface area contributed by atoms with E-state index in [1.807, 2.05) is 43.3 Å². The first-order valence-corrected chi connectivity index (χ1v) is 9.03. The molecule has 7 heteroatoms. The number of likely N-dealkylation sites (N-methyl/N-ethyl adjacent to an activating group) is 1. The average Bonchev–Trinajstić information content (AvgIpc) is 2.72. The lowest BCUT2D eigenvalue weighted by molar-refractivity contribution is 0.356. The summed E-state index contributed by atoms with van der Waals surface area (Å²) in [6, 6.07) is 11.3. The highest BCUT2D eigenvalue weighted by atomic mass is 16.5.